The van der Waals surface area contributed by atoms with Gasteiger partial charge in [-0.15, -0.1) is 0 Å². The molecule has 2 heteroatoms. The Hall–Kier alpha value is -1.41. The number of Topliss-reactive ketones (excluding diaryl/α,β-unsaturated/α-hetero) is 1. The molecule has 2 aromatic rings. The molecule has 1 aliphatic carbocycles. The average molecular weight is 287 g/mol. The summed E-state index contributed by atoms with van der Waals surface area (Å²) in [4.78, 5) is 12.3. The van der Waals surface area contributed by atoms with Crippen LogP contribution in [0.1, 0.15) is 27.4 Å². The van der Waals surface area contributed by atoms with Gasteiger partial charge in [0.25, 0.3) is 0 Å². The second-order valence-corrected chi connectivity index (χ2v) is 5.15. The molecule has 3 rings (SSSR count). The number of fused-ring (bicyclic) bond motifs is 1. The van der Waals surface area contributed by atoms with Gasteiger partial charge in [-0.1, -0.05) is 58.4 Å². The maximum atomic E-state index is 12.3. The fraction of sp³-hybridized carbons (Fsp3) is 0.133. The Kier molecular flexibility index (Phi) is 2.60. The molecule has 0 bridgehead atoms. The van der Waals surface area contributed by atoms with Gasteiger partial charge >= 0.3 is 0 Å². The van der Waals surface area contributed by atoms with E-state index in [1.807, 2.05) is 48.5 Å². The molecule has 1 aliphatic rings. The summed E-state index contributed by atoms with van der Waals surface area (Å²) in [6.07, 6.45) is 0.805. The van der Waals surface area contributed by atoms with Crippen molar-refractivity contribution < 1.29 is 4.79 Å². The molecule has 0 fully saturated rings. The van der Waals surface area contributed by atoms with E-state index in [-0.39, 0.29) is 11.7 Å². The fourth-order valence-electron chi connectivity index (χ4n) is 2.44. The molecule has 17 heavy (non-hydrogen) atoms. The maximum absolute atomic E-state index is 12.3. The second-order valence-electron chi connectivity index (χ2n) is 4.30. The number of hydrogen-bond acceptors (Lipinski definition) is 1. The standard InChI is InChI=1S/C15H11BrO/c16-14-8-4-7-11-13(14)9-12(15(11)17)10-5-2-1-3-6-10/h1-8,12H,9H2. The van der Waals surface area contributed by atoms with E-state index in [1.165, 1.54) is 0 Å². The molecule has 0 aliphatic heterocycles. The van der Waals surface area contributed by atoms with Crippen LogP contribution < -0.4 is 0 Å². The monoisotopic (exact) mass is 286 g/mol. The first-order valence-electron chi connectivity index (χ1n) is 5.64. The Balaban J connectivity index is 2.05. The highest BCUT2D eigenvalue weighted by atomic mass is 79.9. The van der Waals surface area contributed by atoms with Crippen molar-refractivity contribution in [2.75, 3.05) is 0 Å². The molecule has 0 amide bonds. The van der Waals surface area contributed by atoms with E-state index in [9.17, 15) is 4.79 Å². The van der Waals surface area contributed by atoms with Crippen LogP contribution in [0.25, 0.3) is 0 Å². The minimum atomic E-state index is -0.00935. The lowest BCUT2D eigenvalue weighted by Crippen LogP contribution is -2.06. The van der Waals surface area contributed by atoms with Crippen molar-refractivity contribution in [1.29, 1.82) is 0 Å². The van der Waals surface area contributed by atoms with Crippen LogP contribution in [0.2, 0.25) is 0 Å². The van der Waals surface area contributed by atoms with Gasteiger partial charge in [0.1, 0.15) is 0 Å². The van der Waals surface area contributed by atoms with Crippen LogP contribution in [0.5, 0.6) is 0 Å². The zero-order valence-corrected chi connectivity index (χ0v) is 10.8. The predicted molar refractivity (Wildman–Crippen MR) is 71.4 cm³/mol. The lowest BCUT2D eigenvalue weighted by atomic mass is 9.95. The van der Waals surface area contributed by atoms with E-state index in [1.54, 1.807) is 0 Å². The summed E-state index contributed by atoms with van der Waals surface area (Å²) >= 11 is 3.52. The Morgan fingerprint density at radius 3 is 2.47 bits per heavy atom. The highest BCUT2D eigenvalue weighted by Gasteiger charge is 2.32. The van der Waals surface area contributed by atoms with Crippen molar-refractivity contribution in [2.24, 2.45) is 0 Å². The number of halogens is 1. The van der Waals surface area contributed by atoms with Crippen molar-refractivity contribution in [3.05, 3.63) is 69.7 Å². The summed E-state index contributed by atoms with van der Waals surface area (Å²) < 4.78 is 1.04. The number of benzene rings is 2. The number of carbonyl (C=O) groups excluding carboxylic acids is 1. The topological polar surface area (TPSA) is 17.1 Å². The van der Waals surface area contributed by atoms with E-state index in [4.69, 9.17) is 0 Å². The minimum Gasteiger partial charge on any atom is -0.293 e. The molecule has 0 spiro atoms. The van der Waals surface area contributed by atoms with Gasteiger partial charge in [0, 0.05) is 10.0 Å². The predicted octanol–water partition coefficient (Wildman–Crippen LogP) is 3.97. The number of ketones is 1. The molecule has 0 radical (unpaired) electrons. The fourth-order valence-corrected chi connectivity index (χ4v) is 2.96. The molecule has 0 aromatic heterocycles. The molecular formula is C15H11BrO. The Morgan fingerprint density at radius 1 is 1.00 bits per heavy atom. The Bertz CT molecular complexity index is 575. The zero-order chi connectivity index (χ0) is 11.8. The third-order valence-corrected chi connectivity index (χ3v) is 4.05. The summed E-state index contributed by atoms with van der Waals surface area (Å²) in [6, 6.07) is 15.9. The van der Waals surface area contributed by atoms with E-state index in [2.05, 4.69) is 15.9 Å². The van der Waals surface area contributed by atoms with Crippen molar-refractivity contribution >= 4 is 21.7 Å². The molecule has 0 N–H and O–H groups in total. The first-order chi connectivity index (χ1) is 8.27. The Morgan fingerprint density at radius 2 is 1.76 bits per heavy atom. The quantitative estimate of drug-likeness (QED) is 0.775. The van der Waals surface area contributed by atoms with Crippen LogP contribution in [0.15, 0.2) is 53.0 Å². The summed E-state index contributed by atoms with van der Waals surface area (Å²) in [5, 5.41) is 0. The normalized spacial score (nSPS) is 18.2. The number of rotatable bonds is 1. The molecule has 0 heterocycles. The second kappa shape index (κ2) is 4.11. The van der Waals surface area contributed by atoms with Gasteiger partial charge in [-0.05, 0) is 23.6 Å². The van der Waals surface area contributed by atoms with E-state index in [0.717, 1.165) is 27.6 Å². The first kappa shape index (κ1) is 10.7. The van der Waals surface area contributed by atoms with Gasteiger partial charge in [0.05, 0.1) is 5.92 Å². The first-order valence-corrected chi connectivity index (χ1v) is 6.43. The molecule has 1 nitrogen and oxygen atoms in total. The van der Waals surface area contributed by atoms with E-state index >= 15 is 0 Å². The highest BCUT2D eigenvalue weighted by molar-refractivity contribution is 9.10. The molecular weight excluding hydrogens is 276 g/mol. The number of hydrogen-bond donors (Lipinski definition) is 0. The lowest BCUT2D eigenvalue weighted by Gasteiger charge is -2.07. The van der Waals surface area contributed by atoms with Crippen LogP contribution >= 0.6 is 15.9 Å². The smallest absolute Gasteiger partial charge is 0.170 e. The van der Waals surface area contributed by atoms with Crippen molar-refractivity contribution in [2.45, 2.75) is 12.3 Å². The summed E-state index contributed by atoms with van der Waals surface area (Å²) in [7, 11) is 0. The molecule has 2 aromatic carbocycles. The van der Waals surface area contributed by atoms with Gasteiger partial charge in [0.15, 0.2) is 5.78 Å². The minimum absolute atomic E-state index is 0.00935. The lowest BCUT2D eigenvalue weighted by molar-refractivity contribution is 0.0973. The van der Waals surface area contributed by atoms with E-state index in [0.29, 0.717) is 0 Å². The molecule has 0 saturated carbocycles. The summed E-state index contributed by atoms with van der Waals surface area (Å²) in [6.45, 7) is 0. The van der Waals surface area contributed by atoms with Crippen LogP contribution in [0.4, 0.5) is 0 Å². The number of carbonyl (C=O) groups is 1. The third kappa shape index (κ3) is 1.73. The van der Waals surface area contributed by atoms with E-state index < -0.39 is 0 Å². The SMILES string of the molecule is O=C1c2cccc(Br)c2CC1c1ccccc1. The molecule has 0 saturated heterocycles. The third-order valence-electron chi connectivity index (χ3n) is 3.31. The zero-order valence-electron chi connectivity index (χ0n) is 9.19. The van der Waals surface area contributed by atoms with Gasteiger partial charge in [-0.2, -0.15) is 0 Å². The highest BCUT2D eigenvalue weighted by Crippen LogP contribution is 2.37. The van der Waals surface area contributed by atoms with Gasteiger partial charge in [-0.3, -0.25) is 4.79 Å². The molecule has 1 atom stereocenters. The maximum Gasteiger partial charge on any atom is 0.170 e. The average Bonchev–Trinajstić information content (AvgIpc) is 2.70. The van der Waals surface area contributed by atoms with Crippen molar-refractivity contribution in [1.82, 2.24) is 0 Å². The van der Waals surface area contributed by atoms with Crippen molar-refractivity contribution in [3.63, 3.8) is 0 Å². The van der Waals surface area contributed by atoms with Gasteiger partial charge in [0.2, 0.25) is 0 Å². The van der Waals surface area contributed by atoms with Crippen LogP contribution in [-0.4, -0.2) is 5.78 Å². The molecule has 84 valence electrons. The largest absolute Gasteiger partial charge is 0.293 e. The van der Waals surface area contributed by atoms with Crippen molar-refractivity contribution in [3.8, 4) is 0 Å². The van der Waals surface area contributed by atoms with Crippen LogP contribution in [0, 0.1) is 0 Å². The summed E-state index contributed by atoms with van der Waals surface area (Å²) in [5.74, 6) is 0.234. The van der Waals surface area contributed by atoms with Crippen LogP contribution in [0.3, 0.4) is 0 Å². The van der Waals surface area contributed by atoms with Gasteiger partial charge < -0.3 is 0 Å². The van der Waals surface area contributed by atoms with Gasteiger partial charge in [-0.25, -0.2) is 0 Å². The summed E-state index contributed by atoms with van der Waals surface area (Å²) in [5.41, 5.74) is 3.13. The Labute approximate surface area is 109 Å². The van der Waals surface area contributed by atoms with Crippen LogP contribution in [-0.2, 0) is 6.42 Å². The molecule has 1 unspecified atom stereocenters.